The molecule has 2 N–H and O–H groups in total. The fourth-order valence-corrected chi connectivity index (χ4v) is 2.23. The average Bonchev–Trinajstić information content (AvgIpc) is 2.48. The average molecular weight is 413 g/mol. The Bertz CT molecular complexity index is 704. The number of amides is 3. The van der Waals surface area contributed by atoms with Crippen molar-refractivity contribution >= 4 is 17.6 Å². The van der Waals surface area contributed by atoms with E-state index in [1.165, 1.54) is 19.0 Å². The van der Waals surface area contributed by atoms with Crippen LogP contribution < -0.4 is 10.6 Å². The summed E-state index contributed by atoms with van der Waals surface area (Å²) in [6, 6.07) is -1.45. The van der Waals surface area contributed by atoms with Gasteiger partial charge in [0.15, 0.2) is 0 Å². The number of hydrogen-bond acceptors (Lipinski definition) is 2. The maximum Gasteiger partial charge on any atom is 0.416 e. The van der Waals surface area contributed by atoms with Gasteiger partial charge in [0.1, 0.15) is 6.04 Å². The van der Waals surface area contributed by atoms with Crippen LogP contribution in [0.4, 0.5) is 36.8 Å². The number of alkyl halides is 6. The predicted molar refractivity (Wildman–Crippen MR) is 90.5 cm³/mol. The molecule has 1 atom stereocenters. The Balaban J connectivity index is 3.18. The summed E-state index contributed by atoms with van der Waals surface area (Å²) in [5.41, 5.74) is -4.59. The summed E-state index contributed by atoms with van der Waals surface area (Å²) in [5.74, 6) is -0.484. The monoisotopic (exact) mass is 413 g/mol. The van der Waals surface area contributed by atoms with Crippen molar-refractivity contribution in [3.05, 3.63) is 29.3 Å². The van der Waals surface area contributed by atoms with Crippen LogP contribution in [0.2, 0.25) is 0 Å². The van der Waals surface area contributed by atoms with E-state index in [-0.39, 0.29) is 6.07 Å². The van der Waals surface area contributed by atoms with Crippen molar-refractivity contribution < 1.29 is 35.9 Å². The van der Waals surface area contributed by atoms with Crippen molar-refractivity contribution in [2.24, 2.45) is 5.41 Å². The number of benzene rings is 1. The lowest BCUT2D eigenvalue weighted by atomic mass is 9.86. The molecule has 0 saturated carbocycles. The number of rotatable bonds is 3. The Kier molecular flexibility index (Phi) is 6.64. The van der Waals surface area contributed by atoms with E-state index in [4.69, 9.17) is 0 Å². The van der Waals surface area contributed by atoms with Gasteiger partial charge in [-0.2, -0.15) is 26.3 Å². The van der Waals surface area contributed by atoms with E-state index >= 15 is 0 Å². The molecule has 0 spiro atoms. The molecule has 0 fully saturated rings. The fraction of sp³-hybridized carbons (Fsp3) is 0.529. The van der Waals surface area contributed by atoms with Gasteiger partial charge in [0.2, 0.25) is 5.91 Å². The zero-order chi connectivity index (χ0) is 22.1. The molecule has 0 heterocycles. The van der Waals surface area contributed by atoms with Gasteiger partial charge >= 0.3 is 18.4 Å². The first kappa shape index (κ1) is 23.6. The highest BCUT2D eigenvalue weighted by atomic mass is 19.4. The van der Waals surface area contributed by atoms with Gasteiger partial charge in [0, 0.05) is 19.8 Å². The van der Waals surface area contributed by atoms with Crippen molar-refractivity contribution in [3.63, 3.8) is 0 Å². The van der Waals surface area contributed by atoms with Crippen LogP contribution in [0.1, 0.15) is 31.9 Å². The Morgan fingerprint density at radius 2 is 1.32 bits per heavy atom. The summed E-state index contributed by atoms with van der Waals surface area (Å²) in [7, 11) is 2.89. The highest BCUT2D eigenvalue weighted by Gasteiger charge is 2.38. The zero-order valence-corrected chi connectivity index (χ0v) is 15.8. The third-order valence-electron chi connectivity index (χ3n) is 3.67. The number of likely N-dealkylation sites (N-methyl/N-ethyl adjacent to an activating group) is 1. The second-order valence-electron chi connectivity index (χ2n) is 7.42. The molecular formula is C17H21F6N3O2. The molecule has 0 aliphatic rings. The third kappa shape index (κ3) is 6.31. The van der Waals surface area contributed by atoms with Crippen molar-refractivity contribution in [2.45, 2.75) is 39.2 Å². The summed E-state index contributed by atoms with van der Waals surface area (Å²) >= 11 is 0. The van der Waals surface area contributed by atoms with E-state index in [2.05, 4.69) is 5.32 Å². The topological polar surface area (TPSA) is 61.4 Å². The van der Waals surface area contributed by atoms with Gasteiger partial charge in [-0.3, -0.25) is 4.79 Å². The van der Waals surface area contributed by atoms with Crippen molar-refractivity contribution in [2.75, 3.05) is 19.4 Å². The van der Waals surface area contributed by atoms with Crippen LogP contribution in [-0.4, -0.2) is 37.0 Å². The lowest BCUT2D eigenvalue weighted by Crippen LogP contribution is -2.54. The molecule has 0 unspecified atom stereocenters. The van der Waals surface area contributed by atoms with Gasteiger partial charge in [0.05, 0.1) is 11.1 Å². The molecule has 5 nitrogen and oxygen atoms in total. The first-order valence-corrected chi connectivity index (χ1v) is 8.01. The summed E-state index contributed by atoms with van der Waals surface area (Å²) in [6.45, 7) is 4.93. The molecule has 0 saturated heterocycles. The smallest absolute Gasteiger partial charge is 0.347 e. The second-order valence-corrected chi connectivity index (χ2v) is 7.42. The van der Waals surface area contributed by atoms with Gasteiger partial charge in [-0.05, 0) is 23.6 Å². The quantitative estimate of drug-likeness (QED) is 0.724. The van der Waals surface area contributed by atoms with Crippen LogP contribution in [0.5, 0.6) is 0 Å². The van der Waals surface area contributed by atoms with Crippen LogP contribution in [0.25, 0.3) is 0 Å². The Labute approximate surface area is 158 Å². The Morgan fingerprint density at radius 1 is 0.893 bits per heavy atom. The lowest BCUT2D eigenvalue weighted by molar-refractivity contribution is -0.143. The normalized spacial score (nSPS) is 13.7. The zero-order valence-electron chi connectivity index (χ0n) is 15.8. The molecule has 1 rings (SSSR count). The van der Waals surface area contributed by atoms with Crippen LogP contribution in [-0.2, 0) is 17.1 Å². The third-order valence-corrected chi connectivity index (χ3v) is 3.67. The highest BCUT2D eigenvalue weighted by Crippen LogP contribution is 2.37. The molecule has 0 aliphatic heterocycles. The molecule has 3 amide bonds. The Morgan fingerprint density at radius 3 is 1.64 bits per heavy atom. The molecule has 28 heavy (non-hydrogen) atoms. The minimum Gasteiger partial charge on any atom is -0.347 e. The molecule has 1 aromatic carbocycles. The van der Waals surface area contributed by atoms with E-state index in [1.807, 2.05) is 5.32 Å². The summed E-state index contributed by atoms with van der Waals surface area (Å²) in [5, 5.41) is 4.24. The number of carbonyl (C=O) groups excluding carboxylic acids is 2. The van der Waals surface area contributed by atoms with E-state index in [9.17, 15) is 35.9 Å². The molecule has 1 aromatic rings. The van der Waals surface area contributed by atoms with Gasteiger partial charge < -0.3 is 15.5 Å². The maximum atomic E-state index is 12.9. The van der Waals surface area contributed by atoms with E-state index in [0.29, 0.717) is 12.1 Å². The molecule has 0 aromatic heterocycles. The molecular weight excluding hydrogens is 392 g/mol. The van der Waals surface area contributed by atoms with Gasteiger partial charge in [-0.1, -0.05) is 20.8 Å². The summed E-state index contributed by atoms with van der Waals surface area (Å²) in [6.07, 6.45) is -10.1. The number of anilines is 1. The fourth-order valence-electron chi connectivity index (χ4n) is 2.23. The number of nitrogens with zero attached hydrogens (tertiary/aromatic N) is 1. The van der Waals surface area contributed by atoms with Crippen LogP contribution in [0.3, 0.4) is 0 Å². The predicted octanol–water partition coefficient (Wildman–Crippen LogP) is 4.35. The molecule has 0 radical (unpaired) electrons. The standard InChI is InChI=1S/C17H21F6N3O2/c1-15(2,3)12(13(27)26(4)5)25-14(28)24-11-7-9(16(18,19)20)6-10(8-11)17(21,22)23/h6-8,12H,1-5H3,(H2,24,25,28)/t12-/m1/s1. The summed E-state index contributed by atoms with van der Waals surface area (Å²) < 4.78 is 77.3. The van der Waals surface area contributed by atoms with E-state index in [1.54, 1.807) is 20.8 Å². The van der Waals surface area contributed by atoms with Crippen LogP contribution in [0.15, 0.2) is 18.2 Å². The van der Waals surface area contributed by atoms with Crippen molar-refractivity contribution in [1.29, 1.82) is 0 Å². The molecule has 0 bridgehead atoms. The van der Waals surface area contributed by atoms with Crippen LogP contribution >= 0.6 is 0 Å². The number of nitrogens with one attached hydrogen (secondary N) is 2. The second kappa shape index (κ2) is 7.88. The van der Waals surface area contributed by atoms with Crippen molar-refractivity contribution in [1.82, 2.24) is 10.2 Å². The van der Waals surface area contributed by atoms with Gasteiger partial charge in [-0.25, -0.2) is 4.79 Å². The largest absolute Gasteiger partial charge is 0.416 e. The first-order chi connectivity index (χ1) is 12.4. The molecule has 11 heteroatoms. The maximum absolute atomic E-state index is 12.9. The summed E-state index contributed by atoms with van der Waals surface area (Å²) in [4.78, 5) is 25.6. The van der Waals surface area contributed by atoms with Gasteiger partial charge in [0.25, 0.3) is 0 Å². The number of urea groups is 1. The first-order valence-electron chi connectivity index (χ1n) is 8.01. The number of carbonyl (C=O) groups is 2. The van der Waals surface area contributed by atoms with E-state index < -0.39 is 52.6 Å². The highest BCUT2D eigenvalue weighted by molar-refractivity contribution is 5.94. The minimum atomic E-state index is -5.04. The van der Waals surface area contributed by atoms with Crippen LogP contribution in [0, 0.1) is 5.41 Å². The lowest BCUT2D eigenvalue weighted by Gasteiger charge is -2.32. The minimum absolute atomic E-state index is 0.0450. The van der Waals surface area contributed by atoms with E-state index in [0.717, 1.165) is 0 Å². The Hall–Kier alpha value is -2.46. The SMILES string of the molecule is CN(C)C(=O)[C@@H](NC(=O)Nc1cc(C(F)(F)F)cc(C(F)(F)F)c1)C(C)(C)C. The van der Waals surface area contributed by atoms with Gasteiger partial charge in [-0.15, -0.1) is 0 Å². The molecule has 0 aliphatic carbocycles. The number of halogens is 6. The number of hydrogen-bond donors (Lipinski definition) is 2. The van der Waals surface area contributed by atoms with Crippen molar-refractivity contribution in [3.8, 4) is 0 Å². The molecule has 158 valence electrons.